The van der Waals surface area contributed by atoms with Crippen LogP contribution in [0.4, 0.5) is 0 Å². The van der Waals surface area contributed by atoms with E-state index < -0.39 is 11.9 Å². The largest absolute Gasteiger partial charge is 0.477 e. The Labute approximate surface area is 63.2 Å². The van der Waals surface area contributed by atoms with Gasteiger partial charge in [-0.25, -0.2) is 9.79 Å². The van der Waals surface area contributed by atoms with E-state index in [1.165, 1.54) is 6.21 Å². The monoisotopic (exact) mass is 153 g/mol. The smallest absolute Gasteiger partial charge is 0.341 e. The van der Waals surface area contributed by atoms with Crippen molar-refractivity contribution in [1.82, 2.24) is 0 Å². The van der Waals surface area contributed by atoms with Crippen molar-refractivity contribution in [2.24, 2.45) is 4.99 Å². The van der Waals surface area contributed by atoms with E-state index in [9.17, 15) is 9.59 Å². The summed E-state index contributed by atoms with van der Waals surface area (Å²) in [5.74, 6) is -1.83. The molecule has 0 unspecified atom stereocenters. The predicted octanol–water partition coefficient (Wildman–Crippen LogP) is 0.389. The lowest BCUT2D eigenvalue weighted by Gasteiger charge is -1.93. The minimum absolute atomic E-state index is 0.187. The van der Waals surface area contributed by atoms with E-state index in [-0.39, 0.29) is 5.57 Å². The average Bonchev–Trinajstić information content (AvgIpc) is 2.30. The van der Waals surface area contributed by atoms with Gasteiger partial charge in [0, 0.05) is 6.21 Å². The molecule has 4 nitrogen and oxygen atoms in total. The zero-order chi connectivity index (χ0) is 8.43. The molecule has 0 aromatic carbocycles. The van der Waals surface area contributed by atoms with Crippen LogP contribution in [0.2, 0.25) is 0 Å². The summed E-state index contributed by atoms with van der Waals surface area (Å²) in [6, 6.07) is 0. The first kappa shape index (κ1) is 7.65. The summed E-state index contributed by atoms with van der Waals surface area (Å²) in [5, 5.41) is 8.53. The summed E-state index contributed by atoms with van der Waals surface area (Å²) in [5.41, 5.74) is 0.315. The minimum atomic E-state index is -1.19. The molecule has 0 saturated heterocycles. The van der Waals surface area contributed by atoms with Crippen LogP contribution in [-0.2, 0) is 9.59 Å². The normalized spacial score (nSPS) is 16.3. The second-order valence-electron chi connectivity index (χ2n) is 2.12. The van der Waals surface area contributed by atoms with Gasteiger partial charge in [-0.3, -0.25) is 4.79 Å². The summed E-state index contributed by atoms with van der Waals surface area (Å²) >= 11 is 0. The van der Waals surface area contributed by atoms with E-state index >= 15 is 0 Å². The maximum Gasteiger partial charge on any atom is 0.341 e. The van der Waals surface area contributed by atoms with E-state index in [1.54, 1.807) is 6.92 Å². The minimum Gasteiger partial charge on any atom is -0.477 e. The Balaban J connectivity index is 3.07. The van der Waals surface area contributed by atoms with Crippen LogP contribution < -0.4 is 0 Å². The molecule has 1 N–H and O–H groups in total. The molecule has 0 aliphatic carbocycles. The third kappa shape index (κ3) is 1.19. The molecular formula is C7H7NO3. The number of carbonyl (C=O) groups excluding carboxylic acids is 1. The lowest BCUT2D eigenvalue weighted by atomic mass is 10.1. The summed E-state index contributed by atoms with van der Waals surface area (Å²) in [6.07, 6.45) is 1.84. The van der Waals surface area contributed by atoms with Gasteiger partial charge in [-0.15, -0.1) is 0 Å². The number of carboxylic acid groups (broad SMARTS) is 1. The third-order valence-electron chi connectivity index (χ3n) is 1.47. The maximum atomic E-state index is 10.7. The fourth-order valence-corrected chi connectivity index (χ4v) is 0.900. The van der Waals surface area contributed by atoms with Gasteiger partial charge in [-0.05, 0) is 12.0 Å². The van der Waals surface area contributed by atoms with Gasteiger partial charge in [0.1, 0.15) is 5.57 Å². The number of rotatable bonds is 2. The van der Waals surface area contributed by atoms with Gasteiger partial charge in [-0.1, -0.05) is 6.92 Å². The molecule has 0 spiro atoms. The first-order valence-electron chi connectivity index (χ1n) is 3.21. The first-order chi connectivity index (χ1) is 5.16. The van der Waals surface area contributed by atoms with Crippen LogP contribution in [0.15, 0.2) is 16.1 Å². The van der Waals surface area contributed by atoms with E-state index in [2.05, 4.69) is 4.99 Å². The maximum absolute atomic E-state index is 10.7. The van der Waals surface area contributed by atoms with Gasteiger partial charge >= 0.3 is 5.97 Å². The SMILES string of the molecule is CCC1=C(C(=O)O)C(=O)N=C1. The molecule has 0 bridgehead atoms. The molecule has 1 heterocycles. The van der Waals surface area contributed by atoms with Crippen molar-refractivity contribution in [1.29, 1.82) is 0 Å². The van der Waals surface area contributed by atoms with Crippen molar-refractivity contribution in [2.75, 3.05) is 0 Å². The van der Waals surface area contributed by atoms with Crippen molar-refractivity contribution >= 4 is 18.1 Å². The zero-order valence-corrected chi connectivity index (χ0v) is 6.00. The van der Waals surface area contributed by atoms with Crippen LogP contribution in [0.25, 0.3) is 0 Å². The van der Waals surface area contributed by atoms with Crippen LogP contribution in [0, 0.1) is 0 Å². The second-order valence-corrected chi connectivity index (χ2v) is 2.12. The highest BCUT2D eigenvalue weighted by Crippen LogP contribution is 2.14. The van der Waals surface area contributed by atoms with Gasteiger partial charge in [-0.2, -0.15) is 0 Å². The Morgan fingerprint density at radius 2 is 2.36 bits per heavy atom. The zero-order valence-electron chi connectivity index (χ0n) is 6.00. The standard InChI is InChI=1S/C7H7NO3/c1-2-4-3-8-6(9)5(4)7(10)11/h3H,2H2,1H3,(H,10,11). The number of nitrogens with zero attached hydrogens (tertiary/aromatic N) is 1. The number of amides is 1. The predicted molar refractivity (Wildman–Crippen MR) is 38.5 cm³/mol. The summed E-state index contributed by atoms with van der Waals surface area (Å²) < 4.78 is 0. The van der Waals surface area contributed by atoms with Crippen LogP contribution in [-0.4, -0.2) is 23.2 Å². The molecule has 0 aromatic rings. The highest BCUT2D eigenvalue weighted by molar-refractivity contribution is 6.25. The second kappa shape index (κ2) is 2.65. The summed E-state index contributed by atoms with van der Waals surface area (Å²) in [7, 11) is 0. The Hall–Kier alpha value is -1.45. The first-order valence-corrected chi connectivity index (χ1v) is 3.21. The molecule has 1 aliphatic rings. The van der Waals surface area contributed by atoms with E-state index in [1.807, 2.05) is 0 Å². The topological polar surface area (TPSA) is 66.7 Å². The van der Waals surface area contributed by atoms with E-state index in [0.29, 0.717) is 12.0 Å². The summed E-state index contributed by atoms with van der Waals surface area (Å²) in [4.78, 5) is 24.5. The fourth-order valence-electron chi connectivity index (χ4n) is 0.900. The highest BCUT2D eigenvalue weighted by atomic mass is 16.4. The number of aliphatic imine (C=N–C) groups is 1. The number of hydrogen-bond donors (Lipinski definition) is 1. The molecule has 1 rings (SSSR count). The molecule has 0 saturated carbocycles. The lowest BCUT2D eigenvalue weighted by Crippen LogP contribution is -2.08. The van der Waals surface area contributed by atoms with Crippen molar-refractivity contribution < 1.29 is 14.7 Å². The Kier molecular flexibility index (Phi) is 1.85. The molecule has 11 heavy (non-hydrogen) atoms. The van der Waals surface area contributed by atoms with E-state index in [0.717, 1.165) is 0 Å². The van der Waals surface area contributed by atoms with Gasteiger partial charge in [0.25, 0.3) is 5.91 Å². The summed E-state index contributed by atoms with van der Waals surface area (Å²) in [6.45, 7) is 1.78. The number of carboxylic acids is 1. The van der Waals surface area contributed by atoms with Crippen LogP contribution >= 0.6 is 0 Å². The Morgan fingerprint density at radius 3 is 2.73 bits per heavy atom. The van der Waals surface area contributed by atoms with Crippen molar-refractivity contribution in [3.8, 4) is 0 Å². The van der Waals surface area contributed by atoms with Gasteiger partial charge in [0.05, 0.1) is 0 Å². The number of carbonyl (C=O) groups is 2. The number of aliphatic carboxylic acids is 1. The van der Waals surface area contributed by atoms with Gasteiger partial charge < -0.3 is 5.11 Å². The Bertz CT molecular complexity index is 275. The highest BCUT2D eigenvalue weighted by Gasteiger charge is 2.24. The molecule has 0 aromatic heterocycles. The average molecular weight is 153 g/mol. The molecule has 4 heteroatoms. The van der Waals surface area contributed by atoms with Crippen molar-refractivity contribution in [3.63, 3.8) is 0 Å². The molecular weight excluding hydrogens is 146 g/mol. The van der Waals surface area contributed by atoms with Crippen LogP contribution in [0.1, 0.15) is 13.3 Å². The molecule has 0 radical (unpaired) electrons. The van der Waals surface area contributed by atoms with Crippen molar-refractivity contribution in [3.05, 3.63) is 11.1 Å². The molecule has 1 aliphatic heterocycles. The molecule has 1 amide bonds. The molecule has 0 fully saturated rings. The molecule has 0 atom stereocenters. The van der Waals surface area contributed by atoms with E-state index in [4.69, 9.17) is 5.11 Å². The molecule has 58 valence electrons. The van der Waals surface area contributed by atoms with Crippen molar-refractivity contribution in [2.45, 2.75) is 13.3 Å². The Morgan fingerprint density at radius 1 is 1.73 bits per heavy atom. The third-order valence-corrected chi connectivity index (χ3v) is 1.47. The number of hydrogen-bond acceptors (Lipinski definition) is 2. The van der Waals surface area contributed by atoms with Gasteiger partial charge in [0.2, 0.25) is 0 Å². The quantitative estimate of drug-likeness (QED) is 0.583. The lowest BCUT2D eigenvalue weighted by molar-refractivity contribution is -0.134. The van der Waals surface area contributed by atoms with Crippen LogP contribution in [0.3, 0.4) is 0 Å². The van der Waals surface area contributed by atoms with Gasteiger partial charge in [0.15, 0.2) is 0 Å². The number of allylic oxidation sites excluding steroid dienone is 1. The van der Waals surface area contributed by atoms with Crippen LogP contribution in [0.5, 0.6) is 0 Å². The fraction of sp³-hybridized carbons (Fsp3) is 0.286.